The number of hydrogen-bond acceptors (Lipinski definition) is 2. The van der Waals surface area contributed by atoms with Gasteiger partial charge in [-0.3, -0.25) is 0 Å². The number of hydrogen-bond donors (Lipinski definition) is 2. The van der Waals surface area contributed by atoms with Gasteiger partial charge in [-0.1, -0.05) is 0 Å². The van der Waals surface area contributed by atoms with E-state index in [9.17, 15) is 0 Å². The second-order valence-electron chi connectivity index (χ2n) is 0.292. The van der Waals surface area contributed by atoms with Crippen LogP contribution < -0.4 is 5.48 Å². The molecule has 0 rings (SSSR count). The molecule has 0 aromatic heterocycles. The van der Waals surface area contributed by atoms with Gasteiger partial charge in [0.1, 0.15) is 0 Å². The van der Waals surface area contributed by atoms with Gasteiger partial charge < -0.3 is 10.7 Å². The van der Waals surface area contributed by atoms with Gasteiger partial charge in [-0.15, -0.1) is 11.6 Å². The highest BCUT2D eigenvalue weighted by molar-refractivity contribution is 6.17. The van der Waals surface area contributed by atoms with Crippen LogP contribution in [0, 0.1) is 0 Å². The van der Waals surface area contributed by atoms with E-state index in [1.165, 1.54) is 0 Å². The Morgan fingerprint density at radius 1 is 1.80 bits per heavy atom. The molecule has 3 nitrogen and oxygen atoms in total. The van der Waals surface area contributed by atoms with Crippen LogP contribution in [0.1, 0.15) is 0 Å². The summed E-state index contributed by atoms with van der Waals surface area (Å²) in [6.07, 6.45) is 0. The number of rotatable bonds is 1. The molecule has 34 valence electrons. The summed E-state index contributed by atoms with van der Waals surface area (Å²) in [6.45, 7) is 0. The fraction of sp³-hybridized carbons (Fsp3) is 1.00. The predicted octanol–water partition coefficient (Wildman–Crippen LogP) is -0.663. The standard InChI is InChI=1S/CH4ClNO.H2O/c2-1-3-4;/h3-4H,1H2;1H2. The first-order chi connectivity index (χ1) is 1.91. The molecule has 0 radical (unpaired) electrons. The van der Waals surface area contributed by atoms with Crippen molar-refractivity contribution in [1.82, 2.24) is 5.48 Å². The lowest BCUT2D eigenvalue weighted by Gasteiger charge is -1.73. The summed E-state index contributed by atoms with van der Waals surface area (Å²) in [5.41, 5.74) is 1.70. The minimum absolute atomic E-state index is 0. The van der Waals surface area contributed by atoms with Crippen LogP contribution in [0.25, 0.3) is 0 Å². The Bertz CT molecular complexity index is 11.6. The van der Waals surface area contributed by atoms with E-state index in [-0.39, 0.29) is 11.5 Å². The topological polar surface area (TPSA) is 63.8 Å². The zero-order valence-corrected chi connectivity index (χ0v) is 3.29. The summed E-state index contributed by atoms with van der Waals surface area (Å²) in [5, 5.41) is 7.49. The molecule has 0 bridgehead atoms. The van der Waals surface area contributed by atoms with Crippen molar-refractivity contribution in [2.45, 2.75) is 0 Å². The molecule has 0 saturated heterocycles. The third-order valence-electron chi connectivity index (χ3n) is 0.0598. The monoisotopic (exact) mass is 99.0 g/mol. The molecule has 0 atom stereocenters. The van der Waals surface area contributed by atoms with Crippen LogP contribution in [-0.2, 0) is 0 Å². The van der Waals surface area contributed by atoms with E-state index in [1.807, 2.05) is 0 Å². The quantitative estimate of drug-likeness (QED) is 0.260. The van der Waals surface area contributed by atoms with E-state index in [4.69, 9.17) is 16.8 Å². The van der Waals surface area contributed by atoms with Crippen molar-refractivity contribution in [3.8, 4) is 0 Å². The Kier molecular flexibility index (Phi) is 15.9. The average molecular weight is 99.5 g/mol. The zero-order valence-electron chi connectivity index (χ0n) is 2.53. The number of hydroxylamine groups is 1. The molecule has 0 saturated carbocycles. The van der Waals surface area contributed by atoms with Crippen molar-refractivity contribution in [3.63, 3.8) is 0 Å². The van der Waals surface area contributed by atoms with E-state index in [2.05, 4.69) is 0 Å². The van der Waals surface area contributed by atoms with Crippen LogP contribution in [0.2, 0.25) is 0 Å². The van der Waals surface area contributed by atoms with Gasteiger partial charge in [-0.25, -0.2) is 0 Å². The van der Waals surface area contributed by atoms with Crippen molar-refractivity contribution in [3.05, 3.63) is 0 Å². The van der Waals surface area contributed by atoms with Crippen LogP contribution in [0.5, 0.6) is 0 Å². The fourth-order valence-electron chi connectivity index (χ4n) is 0. The second kappa shape index (κ2) is 8.90. The number of halogens is 1. The van der Waals surface area contributed by atoms with Crippen molar-refractivity contribution < 1.29 is 10.7 Å². The Balaban J connectivity index is 0. The van der Waals surface area contributed by atoms with Crippen molar-refractivity contribution in [1.29, 1.82) is 0 Å². The second-order valence-corrected chi connectivity index (χ2v) is 0.559. The first kappa shape index (κ1) is 8.95. The summed E-state index contributed by atoms with van der Waals surface area (Å²) in [6, 6.07) is 0.0972. The van der Waals surface area contributed by atoms with Crippen LogP contribution in [0.3, 0.4) is 0 Å². The van der Waals surface area contributed by atoms with Crippen molar-refractivity contribution in [2.24, 2.45) is 0 Å². The molecule has 0 aliphatic carbocycles. The van der Waals surface area contributed by atoms with Crippen LogP contribution in [0.15, 0.2) is 0 Å². The van der Waals surface area contributed by atoms with Crippen LogP contribution >= 0.6 is 11.6 Å². The summed E-state index contributed by atoms with van der Waals surface area (Å²) in [5.74, 6) is 0. The molecule has 0 spiro atoms. The maximum absolute atomic E-state index is 7.49. The Morgan fingerprint density at radius 3 is 2.00 bits per heavy atom. The number of nitrogens with one attached hydrogen (secondary N) is 1. The summed E-state index contributed by atoms with van der Waals surface area (Å²) in [7, 11) is 0. The average Bonchev–Trinajstić information content (AvgIpc) is 1.37. The third-order valence-corrected chi connectivity index (χ3v) is 0.179. The van der Waals surface area contributed by atoms with Gasteiger partial charge in [0.15, 0.2) is 0 Å². The highest BCUT2D eigenvalue weighted by atomic mass is 35.5. The van der Waals surface area contributed by atoms with E-state index < -0.39 is 0 Å². The lowest BCUT2D eigenvalue weighted by atomic mass is 11.5. The van der Waals surface area contributed by atoms with E-state index in [0.717, 1.165) is 0 Å². The third kappa shape index (κ3) is 14.3. The lowest BCUT2D eigenvalue weighted by molar-refractivity contribution is 0.187. The van der Waals surface area contributed by atoms with Gasteiger partial charge in [0.25, 0.3) is 0 Å². The molecule has 5 heavy (non-hydrogen) atoms. The molecule has 0 aromatic rings. The number of alkyl halides is 1. The molecule has 0 aromatic carbocycles. The first-order valence-electron chi connectivity index (χ1n) is 0.844. The zero-order chi connectivity index (χ0) is 3.41. The van der Waals surface area contributed by atoms with Gasteiger partial charge in [0.2, 0.25) is 0 Å². The SMILES string of the molecule is O.ONCCl. The molecule has 4 heteroatoms. The highest BCUT2D eigenvalue weighted by Gasteiger charge is 1.54. The molecular formula is CH6ClNO2. The molecule has 0 heterocycles. The van der Waals surface area contributed by atoms with E-state index >= 15 is 0 Å². The molecule has 0 fully saturated rings. The Morgan fingerprint density at radius 2 is 2.00 bits per heavy atom. The van der Waals surface area contributed by atoms with Gasteiger partial charge in [-0.2, -0.15) is 5.48 Å². The minimum Gasteiger partial charge on any atom is -0.412 e. The van der Waals surface area contributed by atoms with Gasteiger partial charge >= 0.3 is 0 Å². The smallest absolute Gasteiger partial charge is 0.0950 e. The fourth-order valence-corrected chi connectivity index (χ4v) is 0. The summed E-state index contributed by atoms with van der Waals surface area (Å²) in [4.78, 5) is 0. The molecule has 0 aliphatic heterocycles. The van der Waals surface area contributed by atoms with Crippen molar-refractivity contribution in [2.75, 3.05) is 6.00 Å². The highest BCUT2D eigenvalue weighted by Crippen LogP contribution is 1.55. The van der Waals surface area contributed by atoms with E-state index in [1.54, 1.807) is 5.48 Å². The van der Waals surface area contributed by atoms with Crippen LogP contribution in [0.4, 0.5) is 0 Å². The maximum atomic E-state index is 7.49. The van der Waals surface area contributed by atoms with Gasteiger partial charge in [0.05, 0.1) is 6.00 Å². The summed E-state index contributed by atoms with van der Waals surface area (Å²) < 4.78 is 0. The normalized spacial score (nSPS) is 6.00. The molecule has 0 unspecified atom stereocenters. The first-order valence-corrected chi connectivity index (χ1v) is 1.38. The molecule has 0 amide bonds. The van der Waals surface area contributed by atoms with E-state index in [0.29, 0.717) is 0 Å². The molecular weight excluding hydrogens is 93.5 g/mol. The maximum Gasteiger partial charge on any atom is 0.0950 e. The van der Waals surface area contributed by atoms with Gasteiger partial charge in [0, 0.05) is 0 Å². The molecule has 0 aliphatic rings. The summed E-state index contributed by atoms with van der Waals surface area (Å²) >= 11 is 4.82. The minimum atomic E-state index is 0. The predicted molar refractivity (Wildman–Crippen MR) is 19.3 cm³/mol. The largest absolute Gasteiger partial charge is 0.412 e. The Labute approximate surface area is 34.8 Å². The van der Waals surface area contributed by atoms with Crippen molar-refractivity contribution >= 4 is 11.6 Å². The Hall–Kier alpha value is 0.170. The van der Waals surface area contributed by atoms with Crippen LogP contribution in [-0.4, -0.2) is 16.7 Å². The molecule has 4 N–H and O–H groups in total. The van der Waals surface area contributed by atoms with Gasteiger partial charge in [-0.05, 0) is 0 Å². The lowest BCUT2D eigenvalue weighted by Crippen LogP contribution is -2.00.